The molecule has 0 aliphatic carbocycles. The Morgan fingerprint density at radius 1 is 1.33 bits per heavy atom. The molecule has 0 aromatic heterocycles. The fraction of sp³-hybridized carbons (Fsp3) is 0.100. The van der Waals surface area contributed by atoms with E-state index in [1.807, 2.05) is 0 Å². The van der Waals surface area contributed by atoms with Crippen molar-refractivity contribution in [2.45, 2.75) is 6.92 Å². The topological polar surface area (TPSA) is 57.5 Å². The van der Waals surface area contributed by atoms with Crippen molar-refractivity contribution in [2.24, 2.45) is 0 Å². The average Bonchev–Trinajstić information content (AvgIpc) is 2.13. The first-order valence-electron chi connectivity index (χ1n) is 4.01. The number of phenolic OH excluding ortho intramolecular Hbond substituents is 1. The van der Waals surface area contributed by atoms with E-state index in [9.17, 15) is 9.90 Å². The molecule has 1 aromatic rings. The van der Waals surface area contributed by atoms with Crippen molar-refractivity contribution in [3.63, 3.8) is 0 Å². The smallest absolute Gasteiger partial charge is 0.331 e. The largest absolute Gasteiger partial charge is 0.506 e. The Balaban J connectivity index is 3.18. The molecule has 5 heteroatoms. The highest BCUT2D eigenvalue weighted by atomic mass is 79.9. The third-order valence-corrected chi connectivity index (χ3v) is 2.97. The minimum atomic E-state index is -0.963. The van der Waals surface area contributed by atoms with Crippen molar-refractivity contribution >= 4 is 43.9 Å². The molecule has 0 aliphatic heterocycles. The van der Waals surface area contributed by atoms with Gasteiger partial charge in [-0.15, -0.1) is 0 Å². The number of benzene rings is 1. The van der Waals surface area contributed by atoms with Crippen LogP contribution >= 0.6 is 31.9 Å². The monoisotopic (exact) mass is 334 g/mol. The lowest BCUT2D eigenvalue weighted by Crippen LogP contribution is -1.95. The van der Waals surface area contributed by atoms with Gasteiger partial charge in [-0.25, -0.2) is 4.79 Å². The van der Waals surface area contributed by atoms with E-state index in [1.54, 1.807) is 12.1 Å². The van der Waals surface area contributed by atoms with E-state index in [0.29, 0.717) is 14.5 Å². The highest BCUT2D eigenvalue weighted by Gasteiger charge is 2.06. The van der Waals surface area contributed by atoms with Gasteiger partial charge in [-0.2, -0.15) is 0 Å². The molecule has 1 aromatic carbocycles. The van der Waals surface area contributed by atoms with Gasteiger partial charge >= 0.3 is 5.97 Å². The van der Waals surface area contributed by atoms with Crippen molar-refractivity contribution in [3.8, 4) is 5.75 Å². The molecule has 0 heterocycles. The van der Waals surface area contributed by atoms with Crippen LogP contribution in [0.5, 0.6) is 5.75 Å². The SMILES string of the molecule is CC(=Cc1cc(Br)c(O)c(Br)c1)C(=O)O. The predicted molar refractivity (Wildman–Crippen MR) is 64.8 cm³/mol. The van der Waals surface area contributed by atoms with E-state index in [1.165, 1.54) is 13.0 Å². The fourth-order valence-electron chi connectivity index (χ4n) is 0.980. The summed E-state index contributed by atoms with van der Waals surface area (Å²) < 4.78 is 1.03. The molecule has 15 heavy (non-hydrogen) atoms. The van der Waals surface area contributed by atoms with Crippen LogP contribution in [0.25, 0.3) is 6.08 Å². The Labute approximate surface area is 104 Å². The summed E-state index contributed by atoms with van der Waals surface area (Å²) in [6.45, 7) is 1.51. The first kappa shape index (κ1) is 12.3. The average molecular weight is 336 g/mol. The molecular formula is C10H8Br2O3. The highest BCUT2D eigenvalue weighted by Crippen LogP contribution is 2.33. The van der Waals surface area contributed by atoms with Gasteiger partial charge in [-0.05, 0) is 62.6 Å². The summed E-state index contributed by atoms with van der Waals surface area (Å²) in [4.78, 5) is 10.6. The molecule has 0 saturated heterocycles. The van der Waals surface area contributed by atoms with Gasteiger partial charge in [0.05, 0.1) is 8.95 Å². The summed E-state index contributed by atoms with van der Waals surface area (Å²) in [5, 5.41) is 18.1. The maximum absolute atomic E-state index is 10.6. The van der Waals surface area contributed by atoms with Crippen LogP contribution in [0.3, 0.4) is 0 Å². The molecule has 0 bridgehead atoms. The molecule has 80 valence electrons. The molecule has 0 atom stereocenters. The van der Waals surface area contributed by atoms with Gasteiger partial charge in [0.1, 0.15) is 5.75 Å². The number of carboxylic acid groups (broad SMARTS) is 1. The standard InChI is InChI=1S/C10H8Br2O3/c1-5(10(14)15)2-6-3-7(11)9(13)8(12)4-6/h2-4,13H,1H3,(H,14,15). The van der Waals surface area contributed by atoms with Gasteiger partial charge in [-0.3, -0.25) is 0 Å². The molecule has 0 spiro atoms. The van der Waals surface area contributed by atoms with Crippen molar-refractivity contribution < 1.29 is 15.0 Å². The van der Waals surface area contributed by atoms with Crippen molar-refractivity contribution in [1.29, 1.82) is 0 Å². The lowest BCUT2D eigenvalue weighted by Gasteiger charge is -2.02. The van der Waals surface area contributed by atoms with Crippen LogP contribution in [0.1, 0.15) is 12.5 Å². The maximum Gasteiger partial charge on any atom is 0.331 e. The zero-order valence-corrected chi connectivity index (χ0v) is 11.0. The molecule has 0 aliphatic rings. The number of carbonyl (C=O) groups is 1. The van der Waals surface area contributed by atoms with E-state index in [2.05, 4.69) is 31.9 Å². The number of aliphatic carboxylic acids is 1. The van der Waals surface area contributed by atoms with E-state index in [-0.39, 0.29) is 11.3 Å². The van der Waals surface area contributed by atoms with Crippen LogP contribution in [0.15, 0.2) is 26.7 Å². The van der Waals surface area contributed by atoms with Gasteiger partial charge in [0.25, 0.3) is 0 Å². The van der Waals surface area contributed by atoms with Crippen LogP contribution in [0.4, 0.5) is 0 Å². The van der Waals surface area contributed by atoms with Crippen LogP contribution in [-0.2, 0) is 4.79 Å². The number of hydrogen-bond donors (Lipinski definition) is 2. The number of rotatable bonds is 2. The molecule has 0 saturated carbocycles. The molecular weight excluding hydrogens is 328 g/mol. The maximum atomic E-state index is 10.6. The van der Waals surface area contributed by atoms with Crippen LogP contribution in [0.2, 0.25) is 0 Å². The van der Waals surface area contributed by atoms with Crippen molar-refractivity contribution in [1.82, 2.24) is 0 Å². The first-order chi connectivity index (χ1) is 6.91. The Bertz CT molecular complexity index is 415. The number of hydrogen-bond acceptors (Lipinski definition) is 2. The zero-order valence-electron chi connectivity index (χ0n) is 7.79. The lowest BCUT2D eigenvalue weighted by molar-refractivity contribution is -0.132. The minimum absolute atomic E-state index is 0.0973. The second-order valence-corrected chi connectivity index (χ2v) is 4.67. The third kappa shape index (κ3) is 3.07. The first-order valence-corrected chi connectivity index (χ1v) is 5.60. The highest BCUT2D eigenvalue weighted by molar-refractivity contribution is 9.11. The normalized spacial score (nSPS) is 11.5. The van der Waals surface area contributed by atoms with E-state index in [4.69, 9.17) is 5.11 Å². The summed E-state index contributed by atoms with van der Waals surface area (Å²) in [6, 6.07) is 3.29. The van der Waals surface area contributed by atoms with Crippen LogP contribution in [-0.4, -0.2) is 16.2 Å². The molecule has 2 N–H and O–H groups in total. The Morgan fingerprint density at radius 2 is 1.80 bits per heavy atom. The third-order valence-electron chi connectivity index (χ3n) is 1.76. The van der Waals surface area contributed by atoms with E-state index >= 15 is 0 Å². The summed E-state index contributed by atoms with van der Waals surface area (Å²) in [6.07, 6.45) is 1.53. The molecule has 0 unspecified atom stereocenters. The number of halogens is 2. The summed E-state index contributed by atoms with van der Waals surface area (Å²) in [7, 11) is 0. The minimum Gasteiger partial charge on any atom is -0.506 e. The molecule has 3 nitrogen and oxygen atoms in total. The second-order valence-electron chi connectivity index (χ2n) is 2.97. The summed E-state index contributed by atoms with van der Waals surface area (Å²) in [5.74, 6) is -0.865. The van der Waals surface area contributed by atoms with Crippen LogP contribution < -0.4 is 0 Å². The van der Waals surface area contributed by atoms with Gasteiger partial charge in [-0.1, -0.05) is 0 Å². The fourth-order valence-corrected chi connectivity index (χ4v) is 2.20. The predicted octanol–water partition coefficient (Wildman–Crippen LogP) is 3.41. The van der Waals surface area contributed by atoms with Gasteiger partial charge < -0.3 is 10.2 Å². The second kappa shape index (κ2) is 4.81. The van der Waals surface area contributed by atoms with E-state index in [0.717, 1.165) is 0 Å². The van der Waals surface area contributed by atoms with Crippen molar-refractivity contribution in [2.75, 3.05) is 0 Å². The van der Waals surface area contributed by atoms with Crippen molar-refractivity contribution in [3.05, 3.63) is 32.2 Å². The Hall–Kier alpha value is -0.810. The lowest BCUT2D eigenvalue weighted by atomic mass is 10.1. The number of carboxylic acids is 1. The zero-order chi connectivity index (χ0) is 11.6. The summed E-state index contributed by atoms with van der Waals surface area (Å²) in [5.41, 5.74) is 0.936. The Kier molecular flexibility index (Phi) is 3.93. The van der Waals surface area contributed by atoms with Gasteiger partial charge in [0.2, 0.25) is 0 Å². The van der Waals surface area contributed by atoms with Crippen LogP contribution in [0, 0.1) is 0 Å². The number of aromatic hydroxyl groups is 1. The number of phenols is 1. The molecule has 0 radical (unpaired) electrons. The quantitative estimate of drug-likeness (QED) is 0.814. The summed E-state index contributed by atoms with van der Waals surface area (Å²) >= 11 is 6.33. The van der Waals surface area contributed by atoms with Gasteiger partial charge in [0.15, 0.2) is 0 Å². The molecule has 0 fully saturated rings. The van der Waals surface area contributed by atoms with E-state index < -0.39 is 5.97 Å². The Morgan fingerprint density at radius 3 is 2.20 bits per heavy atom. The molecule has 0 amide bonds. The van der Waals surface area contributed by atoms with Gasteiger partial charge in [0, 0.05) is 5.57 Å². The molecule has 1 rings (SSSR count).